The molecule has 1 amide bonds. The van der Waals surface area contributed by atoms with Crippen molar-refractivity contribution in [3.63, 3.8) is 0 Å². The number of carbonyl (C=O) groups excluding carboxylic acids is 1. The summed E-state index contributed by atoms with van der Waals surface area (Å²) in [5.74, 6) is -0.239. The second kappa shape index (κ2) is 5.39. The van der Waals surface area contributed by atoms with E-state index in [0.29, 0.717) is 5.69 Å². The maximum atomic E-state index is 11.8. The number of hydrogen-bond acceptors (Lipinski definition) is 4. The van der Waals surface area contributed by atoms with E-state index < -0.39 is 6.04 Å². The van der Waals surface area contributed by atoms with Crippen LogP contribution in [-0.4, -0.2) is 10.9 Å². The van der Waals surface area contributed by atoms with E-state index in [1.165, 1.54) is 11.3 Å². The van der Waals surface area contributed by atoms with E-state index in [1.807, 2.05) is 17.5 Å². The van der Waals surface area contributed by atoms with Crippen molar-refractivity contribution < 1.29 is 4.79 Å². The summed E-state index contributed by atoms with van der Waals surface area (Å²) < 4.78 is 0.720. The molecular weight excluding hydrogens is 302 g/mol. The highest BCUT2D eigenvalue weighted by Gasteiger charge is 2.16. The highest BCUT2D eigenvalue weighted by Crippen LogP contribution is 2.18. The van der Waals surface area contributed by atoms with Gasteiger partial charge < -0.3 is 11.1 Å². The molecule has 1 unspecified atom stereocenters. The Kier molecular flexibility index (Phi) is 3.88. The molecule has 88 valence electrons. The lowest BCUT2D eigenvalue weighted by Crippen LogP contribution is -2.26. The molecule has 0 saturated heterocycles. The molecule has 0 aliphatic heterocycles. The van der Waals surface area contributed by atoms with Gasteiger partial charge in [-0.05, 0) is 39.5 Å². The lowest BCUT2D eigenvalue weighted by atomic mass is 10.2. The summed E-state index contributed by atoms with van der Waals surface area (Å²) >= 11 is 4.69. The molecule has 2 heterocycles. The summed E-state index contributed by atoms with van der Waals surface area (Å²) in [5, 5.41) is 4.61. The van der Waals surface area contributed by atoms with E-state index >= 15 is 0 Å². The van der Waals surface area contributed by atoms with Crippen LogP contribution in [0.2, 0.25) is 0 Å². The summed E-state index contributed by atoms with van der Waals surface area (Å²) in [7, 11) is 0. The number of carbonyl (C=O) groups is 1. The summed E-state index contributed by atoms with van der Waals surface area (Å²) in [6, 6.07) is 6.59. The van der Waals surface area contributed by atoms with E-state index in [1.54, 1.807) is 18.3 Å². The Morgan fingerprint density at radius 3 is 2.88 bits per heavy atom. The molecule has 0 radical (unpaired) electrons. The van der Waals surface area contributed by atoms with Crippen molar-refractivity contribution in [2.45, 2.75) is 6.04 Å². The van der Waals surface area contributed by atoms with Gasteiger partial charge in [-0.3, -0.25) is 4.79 Å². The molecule has 1 atom stereocenters. The van der Waals surface area contributed by atoms with Crippen molar-refractivity contribution in [3.05, 3.63) is 45.3 Å². The molecule has 2 aromatic heterocycles. The number of pyridine rings is 1. The first-order valence-electron chi connectivity index (χ1n) is 4.88. The largest absolute Gasteiger partial charge is 0.323 e. The van der Waals surface area contributed by atoms with Crippen molar-refractivity contribution in [2.75, 3.05) is 5.32 Å². The summed E-state index contributed by atoms with van der Waals surface area (Å²) in [5.41, 5.74) is 6.46. The first kappa shape index (κ1) is 12.2. The van der Waals surface area contributed by atoms with Crippen LogP contribution in [0.1, 0.15) is 10.9 Å². The van der Waals surface area contributed by atoms with Crippen molar-refractivity contribution in [2.24, 2.45) is 5.73 Å². The Bertz CT molecular complexity index is 498. The molecule has 4 nitrogen and oxygen atoms in total. The quantitative estimate of drug-likeness (QED) is 0.856. The number of amides is 1. The molecule has 2 aromatic rings. The van der Waals surface area contributed by atoms with Crippen LogP contribution in [0, 0.1) is 0 Å². The van der Waals surface area contributed by atoms with Crippen LogP contribution in [0.25, 0.3) is 0 Å². The molecule has 17 heavy (non-hydrogen) atoms. The first-order valence-corrected chi connectivity index (χ1v) is 6.55. The third-order valence-electron chi connectivity index (χ3n) is 2.13. The first-order chi connectivity index (χ1) is 8.16. The van der Waals surface area contributed by atoms with Crippen LogP contribution in [0.15, 0.2) is 40.4 Å². The minimum Gasteiger partial charge on any atom is -0.323 e. The number of aromatic nitrogens is 1. The second-order valence-corrected chi connectivity index (χ2v) is 5.14. The van der Waals surface area contributed by atoms with Crippen LogP contribution < -0.4 is 11.1 Å². The lowest BCUT2D eigenvalue weighted by Gasteiger charge is -2.10. The zero-order valence-corrected chi connectivity index (χ0v) is 11.2. The Morgan fingerprint density at radius 2 is 2.29 bits per heavy atom. The number of anilines is 1. The molecule has 2 rings (SSSR count). The van der Waals surface area contributed by atoms with Gasteiger partial charge in [0.05, 0.1) is 11.9 Å². The van der Waals surface area contributed by atoms with Gasteiger partial charge in [-0.2, -0.15) is 0 Å². The van der Waals surface area contributed by atoms with Crippen molar-refractivity contribution in [3.8, 4) is 0 Å². The van der Waals surface area contributed by atoms with Crippen molar-refractivity contribution in [1.29, 1.82) is 0 Å². The van der Waals surface area contributed by atoms with Gasteiger partial charge in [0.25, 0.3) is 0 Å². The molecule has 3 N–H and O–H groups in total. The van der Waals surface area contributed by atoms with Crippen LogP contribution >= 0.6 is 27.3 Å². The third-order valence-corrected chi connectivity index (χ3v) is 3.55. The van der Waals surface area contributed by atoms with Gasteiger partial charge in [-0.25, -0.2) is 4.98 Å². The maximum Gasteiger partial charge on any atom is 0.246 e. The number of nitrogens with zero attached hydrogens (tertiary/aromatic N) is 1. The minimum atomic E-state index is -0.640. The molecule has 0 aromatic carbocycles. The fourth-order valence-corrected chi connectivity index (χ4v) is 2.23. The minimum absolute atomic E-state index is 0.239. The van der Waals surface area contributed by atoms with E-state index in [4.69, 9.17) is 5.73 Å². The molecule has 6 heteroatoms. The molecular formula is C11H10BrN3OS. The molecule has 0 bridgehead atoms. The number of rotatable bonds is 3. The highest BCUT2D eigenvalue weighted by molar-refractivity contribution is 9.10. The molecule has 0 saturated carbocycles. The zero-order valence-electron chi connectivity index (χ0n) is 8.76. The number of hydrogen-bond donors (Lipinski definition) is 2. The van der Waals surface area contributed by atoms with E-state index in [-0.39, 0.29) is 5.91 Å². The summed E-state index contributed by atoms with van der Waals surface area (Å²) in [4.78, 5) is 16.7. The molecule has 0 spiro atoms. The van der Waals surface area contributed by atoms with E-state index in [0.717, 1.165) is 9.48 Å². The molecule has 0 aliphatic rings. The van der Waals surface area contributed by atoms with Crippen LogP contribution in [-0.2, 0) is 4.79 Å². The predicted octanol–water partition coefficient (Wildman–Crippen LogP) is 2.54. The standard InChI is InChI=1S/C11H10BrN3OS/c12-9-4-3-7(6-14-9)15-11(16)10(13)8-2-1-5-17-8/h1-6,10H,13H2,(H,15,16). The zero-order chi connectivity index (χ0) is 12.3. The molecule has 0 fully saturated rings. The average Bonchev–Trinajstić information content (AvgIpc) is 2.84. The van der Waals surface area contributed by atoms with Crippen molar-refractivity contribution in [1.82, 2.24) is 4.98 Å². The van der Waals surface area contributed by atoms with Crippen LogP contribution in [0.5, 0.6) is 0 Å². The fourth-order valence-electron chi connectivity index (χ4n) is 1.27. The SMILES string of the molecule is NC(C(=O)Nc1ccc(Br)nc1)c1cccs1. The van der Waals surface area contributed by atoms with Gasteiger partial charge in [-0.15, -0.1) is 11.3 Å². The normalized spacial score (nSPS) is 12.1. The van der Waals surface area contributed by atoms with Gasteiger partial charge in [0.2, 0.25) is 5.91 Å². The Balaban J connectivity index is 2.04. The van der Waals surface area contributed by atoms with Gasteiger partial charge in [0.1, 0.15) is 10.6 Å². The Hall–Kier alpha value is -1.24. The van der Waals surface area contributed by atoms with Gasteiger partial charge in [-0.1, -0.05) is 6.07 Å². The second-order valence-electron chi connectivity index (χ2n) is 3.35. The fraction of sp³-hybridized carbons (Fsp3) is 0.0909. The number of nitrogens with two attached hydrogens (primary N) is 1. The van der Waals surface area contributed by atoms with Crippen molar-refractivity contribution >= 4 is 38.9 Å². The summed E-state index contributed by atoms with van der Waals surface area (Å²) in [6.07, 6.45) is 1.57. The van der Waals surface area contributed by atoms with E-state index in [2.05, 4.69) is 26.2 Å². The summed E-state index contributed by atoms with van der Waals surface area (Å²) in [6.45, 7) is 0. The maximum absolute atomic E-state index is 11.8. The van der Waals surface area contributed by atoms with Gasteiger partial charge >= 0.3 is 0 Å². The third kappa shape index (κ3) is 3.12. The van der Waals surface area contributed by atoms with Crippen LogP contribution in [0.4, 0.5) is 5.69 Å². The van der Waals surface area contributed by atoms with Gasteiger partial charge in [0, 0.05) is 4.88 Å². The van der Waals surface area contributed by atoms with E-state index in [9.17, 15) is 4.79 Å². The lowest BCUT2D eigenvalue weighted by molar-refractivity contribution is -0.117. The average molecular weight is 312 g/mol. The smallest absolute Gasteiger partial charge is 0.246 e. The van der Waals surface area contributed by atoms with Crippen LogP contribution in [0.3, 0.4) is 0 Å². The topological polar surface area (TPSA) is 68.0 Å². The predicted molar refractivity (Wildman–Crippen MR) is 71.8 cm³/mol. The van der Waals surface area contributed by atoms with Gasteiger partial charge in [0.15, 0.2) is 0 Å². The Morgan fingerprint density at radius 1 is 1.47 bits per heavy atom. The highest BCUT2D eigenvalue weighted by atomic mass is 79.9. The Labute approximate surface area is 111 Å². The number of nitrogens with one attached hydrogen (secondary N) is 1. The molecule has 0 aliphatic carbocycles. The number of halogens is 1. The number of thiophene rings is 1. The monoisotopic (exact) mass is 311 g/mol.